The highest BCUT2D eigenvalue weighted by molar-refractivity contribution is 5.91. The Kier molecular flexibility index (Phi) is 6.30. The van der Waals surface area contributed by atoms with Crippen molar-refractivity contribution >= 4 is 12.0 Å². The number of carbonyl (C=O) groups excluding carboxylic acids is 1. The number of amides is 1. The Balaban J connectivity index is 1.87. The number of hydrogen-bond acceptors (Lipinski definition) is 3. The van der Waals surface area contributed by atoms with Crippen molar-refractivity contribution < 1.29 is 9.90 Å². The van der Waals surface area contributed by atoms with Crippen molar-refractivity contribution in [3.05, 3.63) is 77.4 Å². The summed E-state index contributed by atoms with van der Waals surface area (Å²) in [4.78, 5) is 12.0. The molecule has 2 aromatic rings. The zero-order chi connectivity index (χ0) is 17.4. The van der Waals surface area contributed by atoms with Gasteiger partial charge in [0.1, 0.15) is 0 Å². The van der Waals surface area contributed by atoms with Gasteiger partial charge in [0.05, 0.1) is 17.7 Å². The first-order valence-corrected chi connectivity index (χ1v) is 7.80. The van der Waals surface area contributed by atoms with Crippen molar-refractivity contribution in [2.24, 2.45) is 0 Å². The molecule has 0 saturated heterocycles. The largest absolute Gasteiger partial charge is 0.388 e. The maximum atomic E-state index is 12.0. The molecule has 4 nitrogen and oxygen atoms in total. The van der Waals surface area contributed by atoms with Crippen LogP contribution in [-0.4, -0.2) is 17.1 Å². The fourth-order valence-electron chi connectivity index (χ4n) is 2.38. The predicted octanol–water partition coefficient (Wildman–Crippen LogP) is 3.20. The number of carbonyl (C=O) groups is 1. The number of nitriles is 1. The second-order valence-corrected chi connectivity index (χ2v) is 5.64. The first kappa shape index (κ1) is 17.5. The minimum Gasteiger partial charge on any atom is -0.388 e. The molecule has 0 aliphatic carbocycles. The lowest BCUT2D eigenvalue weighted by atomic mass is 10.0. The van der Waals surface area contributed by atoms with Gasteiger partial charge in [0.2, 0.25) is 5.91 Å². The molecular formula is C20H20N2O2. The van der Waals surface area contributed by atoms with Crippen molar-refractivity contribution in [3.8, 4) is 6.07 Å². The van der Waals surface area contributed by atoms with E-state index in [1.54, 1.807) is 24.3 Å². The monoisotopic (exact) mass is 320 g/mol. The van der Waals surface area contributed by atoms with E-state index in [2.05, 4.69) is 11.4 Å². The first-order valence-electron chi connectivity index (χ1n) is 7.80. The van der Waals surface area contributed by atoms with E-state index in [0.29, 0.717) is 12.0 Å². The average Bonchev–Trinajstić information content (AvgIpc) is 2.60. The van der Waals surface area contributed by atoms with Gasteiger partial charge in [0.25, 0.3) is 0 Å². The molecule has 24 heavy (non-hydrogen) atoms. The maximum Gasteiger partial charge on any atom is 0.244 e. The number of aliphatic hydroxyl groups excluding tert-OH is 1. The summed E-state index contributed by atoms with van der Waals surface area (Å²) in [5.41, 5.74) is 2.18. The molecule has 122 valence electrons. The van der Waals surface area contributed by atoms with Crippen LogP contribution in [0.5, 0.6) is 0 Å². The Bertz CT molecular complexity index is 748. The van der Waals surface area contributed by atoms with Gasteiger partial charge >= 0.3 is 0 Å². The van der Waals surface area contributed by atoms with Crippen LogP contribution >= 0.6 is 0 Å². The Morgan fingerprint density at radius 1 is 1.25 bits per heavy atom. The predicted molar refractivity (Wildman–Crippen MR) is 93.8 cm³/mol. The summed E-state index contributed by atoms with van der Waals surface area (Å²) < 4.78 is 0. The Labute approximate surface area is 142 Å². The molecule has 0 bridgehead atoms. The summed E-state index contributed by atoms with van der Waals surface area (Å²) in [6, 6.07) is 18.3. The van der Waals surface area contributed by atoms with Crippen molar-refractivity contribution in [1.82, 2.24) is 5.32 Å². The van der Waals surface area contributed by atoms with E-state index < -0.39 is 6.10 Å². The van der Waals surface area contributed by atoms with Gasteiger partial charge in [0, 0.05) is 12.1 Å². The normalized spacial score (nSPS) is 13.2. The number of rotatable bonds is 6. The lowest BCUT2D eigenvalue weighted by Gasteiger charge is -2.17. The molecular weight excluding hydrogens is 300 g/mol. The minimum atomic E-state index is -0.613. The Hall–Kier alpha value is -2.90. The molecule has 0 aliphatic rings. The van der Waals surface area contributed by atoms with Gasteiger partial charge in [-0.3, -0.25) is 4.79 Å². The van der Waals surface area contributed by atoms with Crippen LogP contribution in [0, 0.1) is 11.3 Å². The summed E-state index contributed by atoms with van der Waals surface area (Å²) in [6.07, 6.45) is 2.92. The van der Waals surface area contributed by atoms with E-state index in [4.69, 9.17) is 5.26 Å². The van der Waals surface area contributed by atoms with E-state index in [-0.39, 0.29) is 11.9 Å². The minimum absolute atomic E-state index is 0.164. The van der Waals surface area contributed by atoms with E-state index in [9.17, 15) is 9.90 Å². The molecule has 2 atom stereocenters. The van der Waals surface area contributed by atoms with E-state index in [1.165, 1.54) is 6.08 Å². The highest BCUT2D eigenvalue weighted by atomic mass is 16.3. The zero-order valence-corrected chi connectivity index (χ0v) is 13.5. The van der Waals surface area contributed by atoms with Crippen LogP contribution in [0.15, 0.2) is 60.7 Å². The fraction of sp³-hybridized carbons (Fsp3) is 0.200. The molecule has 0 radical (unpaired) electrons. The van der Waals surface area contributed by atoms with Gasteiger partial charge in [0.15, 0.2) is 0 Å². The highest BCUT2D eigenvalue weighted by Gasteiger charge is 2.13. The number of nitrogens with one attached hydrogen (secondary N) is 1. The lowest BCUT2D eigenvalue weighted by molar-refractivity contribution is -0.117. The van der Waals surface area contributed by atoms with Gasteiger partial charge in [-0.05, 0) is 42.7 Å². The van der Waals surface area contributed by atoms with Gasteiger partial charge in [-0.2, -0.15) is 5.26 Å². The average molecular weight is 320 g/mol. The zero-order valence-electron chi connectivity index (χ0n) is 13.5. The molecule has 2 rings (SSSR count). The third-order valence-corrected chi connectivity index (χ3v) is 3.59. The molecule has 4 heteroatoms. The second-order valence-electron chi connectivity index (χ2n) is 5.64. The van der Waals surface area contributed by atoms with Gasteiger partial charge < -0.3 is 10.4 Å². The second kappa shape index (κ2) is 8.66. The van der Waals surface area contributed by atoms with Crippen molar-refractivity contribution in [1.29, 1.82) is 5.26 Å². The molecule has 1 amide bonds. The van der Waals surface area contributed by atoms with E-state index in [1.807, 2.05) is 43.3 Å². The summed E-state index contributed by atoms with van der Waals surface area (Å²) in [5.74, 6) is -0.231. The van der Waals surface area contributed by atoms with Crippen LogP contribution in [0.1, 0.15) is 36.1 Å². The number of hydrogen-bond donors (Lipinski definition) is 2. The molecule has 0 spiro atoms. The van der Waals surface area contributed by atoms with Gasteiger partial charge in [-0.25, -0.2) is 0 Å². The number of benzene rings is 2. The van der Waals surface area contributed by atoms with Crippen molar-refractivity contribution in [2.75, 3.05) is 0 Å². The summed E-state index contributed by atoms with van der Waals surface area (Å²) >= 11 is 0. The van der Waals surface area contributed by atoms with Gasteiger partial charge in [-0.15, -0.1) is 0 Å². The quantitative estimate of drug-likeness (QED) is 0.803. The first-order chi connectivity index (χ1) is 11.6. The van der Waals surface area contributed by atoms with Crippen LogP contribution < -0.4 is 5.32 Å². The van der Waals surface area contributed by atoms with E-state index >= 15 is 0 Å². The summed E-state index contributed by atoms with van der Waals surface area (Å²) in [7, 11) is 0. The third-order valence-electron chi connectivity index (χ3n) is 3.59. The van der Waals surface area contributed by atoms with Crippen LogP contribution in [0.3, 0.4) is 0 Å². The maximum absolute atomic E-state index is 12.0. The number of nitrogens with zero attached hydrogens (tertiary/aromatic N) is 1. The Morgan fingerprint density at radius 2 is 2.00 bits per heavy atom. The smallest absolute Gasteiger partial charge is 0.244 e. The summed E-state index contributed by atoms with van der Waals surface area (Å²) in [6.45, 7) is 1.86. The molecule has 0 heterocycles. The Morgan fingerprint density at radius 3 is 2.71 bits per heavy atom. The molecule has 2 unspecified atom stereocenters. The lowest BCUT2D eigenvalue weighted by Crippen LogP contribution is -2.32. The highest BCUT2D eigenvalue weighted by Crippen LogP contribution is 2.17. The fourth-order valence-corrected chi connectivity index (χ4v) is 2.38. The molecule has 2 N–H and O–H groups in total. The van der Waals surface area contributed by atoms with Gasteiger partial charge in [-0.1, -0.05) is 42.5 Å². The van der Waals surface area contributed by atoms with Crippen LogP contribution in [0.25, 0.3) is 6.08 Å². The topological polar surface area (TPSA) is 73.1 Å². The number of aliphatic hydroxyl groups is 1. The molecule has 0 saturated carbocycles. The molecule has 2 aromatic carbocycles. The van der Waals surface area contributed by atoms with E-state index in [0.717, 1.165) is 11.1 Å². The SMILES string of the molecule is CC(CC(O)c1ccccc1)NC(=O)/C=C/c1cccc(C#N)c1. The standard InChI is InChI=1S/C20H20N2O2/c1-15(12-19(23)18-8-3-2-4-9-18)22-20(24)11-10-16-6-5-7-17(13-16)14-21/h2-11,13,15,19,23H,12H2,1H3,(H,22,24)/b11-10+. The van der Waals surface area contributed by atoms with Crippen LogP contribution in [-0.2, 0) is 4.79 Å². The van der Waals surface area contributed by atoms with Crippen molar-refractivity contribution in [3.63, 3.8) is 0 Å². The van der Waals surface area contributed by atoms with Crippen LogP contribution in [0.2, 0.25) is 0 Å². The van der Waals surface area contributed by atoms with Crippen LogP contribution in [0.4, 0.5) is 0 Å². The van der Waals surface area contributed by atoms with Crippen molar-refractivity contribution in [2.45, 2.75) is 25.5 Å². The third kappa shape index (κ3) is 5.38. The molecule has 0 aliphatic heterocycles. The molecule has 0 fully saturated rings. The summed E-state index contributed by atoms with van der Waals surface area (Å²) in [5, 5.41) is 21.9. The molecule has 0 aromatic heterocycles.